The van der Waals surface area contributed by atoms with Crippen molar-refractivity contribution in [3.05, 3.63) is 40.8 Å². The smallest absolute Gasteiger partial charge is 0.238 e. The Labute approximate surface area is 148 Å². The van der Waals surface area contributed by atoms with Crippen LogP contribution >= 0.6 is 23.1 Å². The molecule has 2 aliphatic rings. The van der Waals surface area contributed by atoms with Crippen LogP contribution in [-0.2, 0) is 9.59 Å². The molecule has 2 N–H and O–H groups in total. The fourth-order valence-electron chi connectivity index (χ4n) is 2.83. The number of nitrogens with zero attached hydrogens (tertiary/aromatic N) is 1. The highest BCUT2D eigenvalue weighted by Crippen LogP contribution is 2.42. The van der Waals surface area contributed by atoms with Crippen LogP contribution in [0, 0.1) is 5.92 Å². The Morgan fingerprint density at radius 1 is 1.38 bits per heavy atom. The Morgan fingerprint density at radius 2 is 2.21 bits per heavy atom. The highest BCUT2D eigenvalue weighted by atomic mass is 32.2. The lowest BCUT2D eigenvalue weighted by Gasteiger charge is -2.24. The number of anilines is 1. The first-order valence-electron chi connectivity index (χ1n) is 7.96. The molecular formula is C17H17N3O2S2. The second kappa shape index (κ2) is 6.57. The van der Waals surface area contributed by atoms with E-state index < -0.39 is 5.25 Å². The Bertz CT molecular complexity index is 759. The average Bonchev–Trinajstić information content (AvgIpc) is 3.27. The van der Waals surface area contributed by atoms with E-state index in [0.717, 1.165) is 28.4 Å². The molecule has 0 saturated heterocycles. The lowest BCUT2D eigenvalue weighted by Crippen LogP contribution is -2.36. The van der Waals surface area contributed by atoms with E-state index in [-0.39, 0.29) is 24.3 Å². The zero-order chi connectivity index (χ0) is 16.5. The monoisotopic (exact) mass is 359 g/mol. The third-order valence-electron chi connectivity index (χ3n) is 4.20. The molecule has 1 saturated carbocycles. The number of nitrogens with one attached hydrogen (secondary N) is 2. The van der Waals surface area contributed by atoms with Crippen LogP contribution in [0.15, 0.2) is 40.7 Å². The molecular weight excluding hydrogens is 342 g/mol. The molecule has 124 valence electrons. The Kier molecular flexibility index (Phi) is 4.28. The Morgan fingerprint density at radius 3 is 2.96 bits per heavy atom. The Balaban J connectivity index is 1.42. The van der Waals surface area contributed by atoms with Crippen LogP contribution in [-0.4, -0.2) is 22.0 Å². The van der Waals surface area contributed by atoms with Gasteiger partial charge in [0, 0.05) is 22.9 Å². The molecule has 7 heteroatoms. The zero-order valence-corrected chi connectivity index (χ0v) is 14.5. The van der Waals surface area contributed by atoms with Gasteiger partial charge in [-0.3, -0.25) is 9.59 Å². The number of hydrogen-bond donors (Lipinski definition) is 2. The molecule has 2 aromatic rings. The summed E-state index contributed by atoms with van der Waals surface area (Å²) in [6.07, 6.45) is 4.19. The summed E-state index contributed by atoms with van der Waals surface area (Å²) in [4.78, 5) is 30.1. The van der Waals surface area contributed by atoms with Gasteiger partial charge in [-0.25, -0.2) is 4.98 Å². The van der Waals surface area contributed by atoms with Gasteiger partial charge in [0.15, 0.2) is 0 Å². The van der Waals surface area contributed by atoms with Gasteiger partial charge >= 0.3 is 0 Å². The van der Waals surface area contributed by atoms with Gasteiger partial charge in [0.2, 0.25) is 11.8 Å². The van der Waals surface area contributed by atoms with Crippen molar-refractivity contribution in [2.75, 3.05) is 5.32 Å². The van der Waals surface area contributed by atoms with Crippen molar-refractivity contribution in [3.8, 4) is 0 Å². The summed E-state index contributed by atoms with van der Waals surface area (Å²) in [5.41, 5.74) is 0.822. The first-order chi connectivity index (χ1) is 11.7. The molecule has 24 heavy (non-hydrogen) atoms. The van der Waals surface area contributed by atoms with Gasteiger partial charge in [-0.1, -0.05) is 12.1 Å². The Hall–Kier alpha value is -1.86. The van der Waals surface area contributed by atoms with Crippen LogP contribution in [0.5, 0.6) is 0 Å². The van der Waals surface area contributed by atoms with Crippen molar-refractivity contribution in [2.45, 2.75) is 35.4 Å². The average molecular weight is 359 g/mol. The number of benzene rings is 1. The third kappa shape index (κ3) is 3.32. The molecule has 5 nitrogen and oxygen atoms in total. The number of aromatic nitrogens is 1. The predicted molar refractivity (Wildman–Crippen MR) is 95.1 cm³/mol. The van der Waals surface area contributed by atoms with Gasteiger partial charge in [-0.15, -0.1) is 23.1 Å². The summed E-state index contributed by atoms with van der Waals surface area (Å²) in [6, 6.07) is 7.66. The number of hydrogen-bond acceptors (Lipinski definition) is 5. The van der Waals surface area contributed by atoms with E-state index in [0.29, 0.717) is 5.92 Å². The van der Waals surface area contributed by atoms with Crippen molar-refractivity contribution in [3.63, 3.8) is 0 Å². The maximum atomic E-state index is 12.5. The molecule has 2 atom stereocenters. The molecule has 2 amide bonds. The van der Waals surface area contributed by atoms with E-state index in [1.54, 1.807) is 17.5 Å². The van der Waals surface area contributed by atoms with Crippen LogP contribution in [0.2, 0.25) is 0 Å². The number of thioether (sulfide) groups is 1. The predicted octanol–water partition coefficient (Wildman–Crippen LogP) is 3.21. The standard InChI is InChI=1S/C17H17N3O2S2/c21-14(20-15(10-5-6-10)17-18-7-8-23-17)9-13-16(22)19-11-3-1-2-4-12(11)24-13/h1-4,7-8,10,13,15H,5-6,9H2,(H,19,22)(H,20,21)/t13-,15+/m1/s1. The fourth-order valence-corrected chi connectivity index (χ4v) is 4.72. The summed E-state index contributed by atoms with van der Waals surface area (Å²) < 4.78 is 0. The minimum Gasteiger partial charge on any atom is -0.347 e. The lowest BCUT2D eigenvalue weighted by molar-refractivity contribution is -0.124. The molecule has 0 spiro atoms. The fraction of sp³-hybridized carbons (Fsp3) is 0.353. The number of para-hydroxylation sites is 1. The van der Waals surface area contributed by atoms with E-state index >= 15 is 0 Å². The van der Waals surface area contributed by atoms with E-state index in [9.17, 15) is 9.59 Å². The molecule has 1 fully saturated rings. The normalized spacial score (nSPS) is 20.8. The third-order valence-corrected chi connectivity index (χ3v) is 6.34. The second-order valence-electron chi connectivity index (χ2n) is 6.05. The lowest BCUT2D eigenvalue weighted by atomic mass is 10.1. The molecule has 0 unspecified atom stereocenters. The molecule has 2 heterocycles. The summed E-state index contributed by atoms with van der Waals surface area (Å²) >= 11 is 3.02. The maximum Gasteiger partial charge on any atom is 0.238 e. The van der Waals surface area contributed by atoms with Crippen LogP contribution in [0.1, 0.15) is 30.3 Å². The van der Waals surface area contributed by atoms with Gasteiger partial charge in [0.1, 0.15) is 5.01 Å². The van der Waals surface area contributed by atoms with Crippen molar-refractivity contribution in [1.82, 2.24) is 10.3 Å². The number of fused-ring (bicyclic) bond motifs is 1. The van der Waals surface area contributed by atoms with Crippen LogP contribution in [0.25, 0.3) is 0 Å². The molecule has 1 aliphatic carbocycles. The molecule has 1 aromatic carbocycles. The molecule has 1 aromatic heterocycles. The van der Waals surface area contributed by atoms with E-state index in [1.165, 1.54) is 11.8 Å². The van der Waals surface area contributed by atoms with Crippen LogP contribution in [0.4, 0.5) is 5.69 Å². The summed E-state index contributed by atoms with van der Waals surface area (Å²) in [7, 11) is 0. The topological polar surface area (TPSA) is 71.1 Å². The molecule has 0 radical (unpaired) electrons. The zero-order valence-electron chi connectivity index (χ0n) is 12.9. The van der Waals surface area contributed by atoms with Crippen molar-refractivity contribution in [2.24, 2.45) is 5.92 Å². The first kappa shape index (κ1) is 15.7. The maximum absolute atomic E-state index is 12.5. The minimum absolute atomic E-state index is 0.0126. The van der Waals surface area contributed by atoms with E-state index in [1.807, 2.05) is 29.6 Å². The van der Waals surface area contributed by atoms with Gasteiger partial charge in [-0.05, 0) is 30.9 Å². The van der Waals surface area contributed by atoms with E-state index in [4.69, 9.17) is 0 Å². The van der Waals surface area contributed by atoms with Gasteiger partial charge < -0.3 is 10.6 Å². The number of carbonyl (C=O) groups is 2. The molecule has 1 aliphatic heterocycles. The molecule has 4 rings (SSSR count). The second-order valence-corrected chi connectivity index (χ2v) is 8.22. The number of rotatable bonds is 5. The largest absolute Gasteiger partial charge is 0.347 e. The van der Waals surface area contributed by atoms with Crippen molar-refractivity contribution < 1.29 is 9.59 Å². The van der Waals surface area contributed by atoms with Gasteiger partial charge in [0.25, 0.3) is 0 Å². The van der Waals surface area contributed by atoms with E-state index in [2.05, 4.69) is 15.6 Å². The van der Waals surface area contributed by atoms with Crippen molar-refractivity contribution >= 4 is 40.6 Å². The first-order valence-corrected chi connectivity index (χ1v) is 9.72. The van der Waals surface area contributed by atoms with Crippen LogP contribution in [0.3, 0.4) is 0 Å². The number of carbonyl (C=O) groups excluding carboxylic acids is 2. The number of amides is 2. The van der Waals surface area contributed by atoms with Crippen LogP contribution < -0.4 is 10.6 Å². The minimum atomic E-state index is -0.393. The van der Waals surface area contributed by atoms with Gasteiger partial charge in [-0.2, -0.15) is 0 Å². The SMILES string of the molecule is O=C(C[C@H]1Sc2ccccc2NC1=O)N[C@H](c1nccs1)C1CC1. The summed E-state index contributed by atoms with van der Waals surface area (Å²) in [5, 5.41) is 8.46. The number of thiazole rings is 1. The quantitative estimate of drug-likeness (QED) is 0.860. The highest BCUT2D eigenvalue weighted by Gasteiger charge is 2.36. The highest BCUT2D eigenvalue weighted by molar-refractivity contribution is 8.01. The van der Waals surface area contributed by atoms with Gasteiger partial charge in [0.05, 0.1) is 17.0 Å². The molecule has 0 bridgehead atoms. The summed E-state index contributed by atoms with van der Waals surface area (Å²) in [6.45, 7) is 0. The summed E-state index contributed by atoms with van der Waals surface area (Å²) in [5.74, 6) is 0.286. The van der Waals surface area contributed by atoms with Crippen molar-refractivity contribution in [1.29, 1.82) is 0 Å².